The van der Waals surface area contributed by atoms with Gasteiger partial charge in [0.15, 0.2) is 0 Å². The largest absolute Gasteiger partial charge is 0.481 e. The highest BCUT2D eigenvalue weighted by Crippen LogP contribution is 2.30. The van der Waals surface area contributed by atoms with Gasteiger partial charge in [-0.1, -0.05) is 54.5 Å². The Morgan fingerprint density at radius 2 is 1.52 bits per heavy atom. The smallest absolute Gasteiger partial charge is 0.308 e. The predicted molar refractivity (Wildman–Crippen MR) is 202 cm³/mol. The number of carbonyl (C=O) groups is 7. The number of hydrogen-bond donors (Lipinski definition) is 7. The summed E-state index contributed by atoms with van der Waals surface area (Å²) in [7, 11) is 0. The molecule has 0 aliphatic carbocycles. The molecule has 0 bridgehead atoms. The Kier molecular flexibility index (Phi) is 23.1. The quantitative estimate of drug-likeness (QED) is 0.0647. The molecule has 56 heavy (non-hydrogen) atoms. The number of anilines is 1. The van der Waals surface area contributed by atoms with E-state index < -0.39 is 66.7 Å². The Balaban J connectivity index is 0.00000293. The van der Waals surface area contributed by atoms with Crippen molar-refractivity contribution in [3.05, 3.63) is 23.8 Å². The zero-order chi connectivity index (χ0) is 42.4. The minimum atomic E-state index is -1.01. The summed E-state index contributed by atoms with van der Waals surface area (Å²) in [5, 5.41) is 37.7. The number of benzene rings is 1. The first kappa shape index (κ1) is 49.4. The summed E-state index contributed by atoms with van der Waals surface area (Å²) in [5.41, 5.74) is 0.756. The van der Waals surface area contributed by atoms with E-state index in [1.54, 1.807) is 60.6 Å². The molecule has 1 aromatic rings. The first-order valence-electron chi connectivity index (χ1n) is 18.7. The molecule has 7 N–H and O–H groups in total. The highest BCUT2D eigenvalue weighted by molar-refractivity contribution is 5.97. The van der Waals surface area contributed by atoms with Gasteiger partial charge in [-0.25, -0.2) is 0 Å². The third-order valence-electron chi connectivity index (χ3n) is 8.03. The lowest BCUT2D eigenvalue weighted by molar-refractivity contribution is -0.184. The van der Waals surface area contributed by atoms with Crippen LogP contribution in [0, 0.1) is 17.8 Å². The van der Waals surface area contributed by atoms with Gasteiger partial charge in [0.2, 0.25) is 29.9 Å². The number of carboxylic acids is 1. The molecular formula is C38H60N4O14. The van der Waals surface area contributed by atoms with Crippen LogP contribution in [0.15, 0.2) is 18.2 Å². The fourth-order valence-corrected chi connectivity index (χ4v) is 4.69. The second-order valence-corrected chi connectivity index (χ2v) is 14.0. The van der Waals surface area contributed by atoms with Gasteiger partial charge in [0.05, 0.1) is 56.7 Å². The van der Waals surface area contributed by atoms with Gasteiger partial charge in [0.1, 0.15) is 24.2 Å². The van der Waals surface area contributed by atoms with E-state index in [4.69, 9.17) is 24.1 Å². The molecule has 1 saturated heterocycles. The van der Waals surface area contributed by atoms with Crippen molar-refractivity contribution in [2.75, 3.05) is 38.2 Å². The molecule has 1 heterocycles. The molecule has 1 aromatic carbocycles. The van der Waals surface area contributed by atoms with Crippen LogP contribution in [0.4, 0.5) is 5.69 Å². The number of aliphatic carboxylic acids is 1. The van der Waals surface area contributed by atoms with Crippen molar-refractivity contribution in [3.8, 4) is 5.75 Å². The van der Waals surface area contributed by atoms with E-state index >= 15 is 0 Å². The van der Waals surface area contributed by atoms with E-state index in [1.165, 1.54) is 6.07 Å². The second kappa shape index (κ2) is 26.2. The monoisotopic (exact) mass is 796 g/mol. The maximum absolute atomic E-state index is 13.0. The van der Waals surface area contributed by atoms with Gasteiger partial charge < -0.3 is 55.5 Å². The molecule has 1 aliphatic heterocycles. The summed E-state index contributed by atoms with van der Waals surface area (Å²) in [6, 6.07) is 3.69. The van der Waals surface area contributed by atoms with Gasteiger partial charge >= 0.3 is 11.9 Å². The van der Waals surface area contributed by atoms with E-state index in [2.05, 4.69) is 21.3 Å². The molecule has 4 amide bonds. The summed E-state index contributed by atoms with van der Waals surface area (Å²) in [4.78, 5) is 83.5. The second-order valence-electron chi connectivity index (χ2n) is 14.0. The fraction of sp³-hybridized carbons (Fsp3) is 0.658. The van der Waals surface area contributed by atoms with Gasteiger partial charge in [-0.15, -0.1) is 0 Å². The molecule has 4 unspecified atom stereocenters. The molecular weight excluding hydrogens is 736 g/mol. The highest BCUT2D eigenvalue weighted by Gasteiger charge is 2.30. The molecule has 316 valence electrons. The summed E-state index contributed by atoms with van der Waals surface area (Å²) >= 11 is 0. The number of ketones is 1. The normalized spacial score (nSPS) is 16.9. The zero-order valence-corrected chi connectivity index (χ0v) is 33.4. The van der Waals surface area contributed by atoms with E-state index in [9.17, 15) is 43.8 Å². The van der Waals surface area contributed by atoms with Gasteiger partial charge in [0.25, 0.3) is 0 Å². The predicted octanol–water partition coefficient (Wildman–Crippen LogP) is 1.44. The van der Waals surface area contributed by atoms with Gasteiger partial charge in [0, 0.05) is 38.0 Å². The van der Waals surface area contributed by atoms with Crippen molar-refractivity contribution in [2.45, 2.75) is 112 Å². The van der Waals surface area contributed by atoms with Crippen LogP contribution in [0.2, 0.25) is 0 Å². The van der Waals surface area contributed by atoms with Crippen LogP contribution in [-0.2, 0) is 54.4 Å². The number of esters is 1. The van der Waals surface area contributed by atoms with Crippen LogP contribution >= 0.6 is 0 Å². The van der Waals surface area contributed by atoms with Crippen LogP contribution < -0.4 is 26.0 Å². The number of aliphatic hydroxyl groups excluding tert-OH is 2. The zero-order valence-electron chi connectivity index (χ0n) is 33.4. The van der Waals surface area contributed by atoms with Crippen molar-refractivity contribution in [1.29, 1.82) is 0 Å². The Morgan fingerprint density at radius 3 is 2.11 bits per heavy atom. The molecule has 0 radical (unpaired) electrons. The third-order valence-corrected chi connectivity index (χ3v) is 8.03. The van der Waals surface area contributed by atoms with Gasteiger partial charge in [-0.05, 0) is 23.6 Å². The van der Waals surface area contributed by atoms with E-state index in [0.717, 1.165) is 0 Å². The Bertz CT molecular complexity index is 1450. The number of aliphatic hydroxyl groups is 2. The Hall–Kier alpha value is -4.65. The van der Waals surface area contributed by atoms with Crippen LogP contribution in [-0.4, -0.2) is 114 Å². The maximum Gasteiger partial charge on any atom is 0.308 e. The molecule has 0 saturated carbocycles. The highest BCUT2D eigenvalue weighted by atomic mass is 16.7. The van der Waals surface area contributed by atoms with Crippen molar-refractivity contribution in [3.63, 3.8) is 0 Å². The van der Waals surface area contributed by atoms with Crippen molar-refractivity contribution < 1.29 is 67.8 Å². The molecule has 1 fully saturated rings. The summed E-state index contributed by atoms with van der Waals surface area (Å²) in [5.74, 6) is -4.00. The minimum absolute atomic E-state index is 0.00770. The Labute approximate surface area is 327 Å². The number of carboxylic acid groups (broad SMARTS) is 1. The topological polar surface area (TPSA) is 265 Å². The molecule has 18 heteroatoms. The minimum Gasteiger partial charge on any atom is -0.481 e. The average molecular weight is 797 g/mol. The summed E-state index contributed by atoms with van der Waals surface area (Å²) in [6.45, 7) is 11.1. The lowest BCUT2D eigenvalue weighted by atomic mass is 10.0. The summed E-state index contributed by atoms with van der Waals surface area (Å²) < 4.78 is 22.3. The average Bonchev–Trinajstić information content (AvgIpc) is 3.14. The van der Waals surface area contributed by atoms with E-state index in [1.807, 2.05) is 0 Å². The lowest BCUT2D eigenvalue weighted by Gasteiger charge is -2.32. The molecule has 0 aromatic heterocycles. The number of amides is 4. The molecule has 1 aliphatic rings. The molecule has 18 nitrogen and oxygen atoms in total. The first-order valence-corrected chi connectivity index (χ1v) is 18.7. The number of Topliss-reactive ketones (excluding diaryl/α,β-unsaturated/α-hetero) is 1. The van der Waals surface area contributed by atoms with Crippen molar-refractivity contribution >= 4 is 47.0 Å². The van der Waals surface area contributed by atoms with Crippen molar-refractivity contribution in [2.24, 2.45) is 17.8 Å². The lowest BCUT2D eigenvalue weighted by Crippen LogP contribution is -2.52. The molecule has 2 rings (SSSR count). The van der Waals surface area contributed by atoms with Crippen LogP contribution in [0.25, 0.3) is 0 Å². The maximum atomic E-state index is 13.0. The van der Waals surface area contributed by atoms with Crippen LogP contribution in [0.3, 0.4) is 0 Å². The van der Waals surface area contributed by atoms with Gasteiger partial charge in [-0.2, -0.15) is 0 Å². The number of carbonyl (C=O) groups excluding carboxylic acids is 6. The number of nitrogens with one attached hydrogen (secondary N) is 4. The number of rotatable bonds is 22. The third kappa shape index (κ3) is 20.3. The first-order chi connectivity index (χ1) is 26.4. The van der Waals surface area contributed by atoms with Gasteiger partial charge in [-0.3, -0.25) is 33.6 Å². The van der Waals surface area contributed by atoms with Crippen molar-refractivity contribution in [1.82, 2.24) is 16.0 Å². The van der Waals surface area contributed by atoms with E-state index in [0.29, 0.717) is 5.56 Å². The fourth-order valence-electron chi connectivity index (χ4n) is 4.69. The number of hydrogen-bond acceptors (Lipinski definition) is 13. The van der Waals surface area contributed by atoms with E-state index in [-0.39, 0.29) is 100 Å². The molecule has 4 atom stereocenters. The standard InChI is InChI=1S/C35H54N4O12.C3H6O2/c1-20(2)27(42)9-11-48-12-10-29(43)36-16-31(45)39-33(21(3)4)34(46)37-17-30(44)38-26-8-7-23(19-49-35(47)22(5)6)13-28(26)51-32-15-24(41)14-25(18-40)50-32;1-2-3(4)5/h7-8,13,20-22,24-25,32-33,40-41H,9-12,14-19H2,1-6H3,(H,36,43)(H,37,46)(H,38,44)(H,39,45);2H2,1H3,(H,4,5). The summed E-state index contributed by atoms with van der Waals surface area (Å²) in [6.07, 6.45) is -1.57. The molecule has 0 spiro atoms. The SMILES string of the molecule is CC(C)C(=O)CCOCCC(=O)NCC(=O)NC(C(=O)NCC(=O)Nc1ccc(COC(=O)C(C)C)cc1OC1CC(O)CC(CO)O1)C(C)C.CCC(=O)O. The van der Waals surface area contributed by atoms with Crippen LogP contribution in [0.1, 0.15) is 86.1 Å². The Morgan fingerprint density at radius 1 is 0.875 bits per heavy atom. The van der Waals surface area contributed by atoms with Crippen LogP contribution in [0.5, 0.6) is 5.75 Å². The number of ether oxygens (including phenoxy) is 4.